The van der Waals surface area contributed by atoms with Gasteiger partial charge in [-0.1, -0.05) is 30.3 Å². The summed E-state index contributed by atoms with van der Waals surface area (Å²) in [4.78, 5) is 38.9. The minimum Gasteiger partial charge on any atom is -0.467 e. The van der Waals surface area contributed by atoms with E-state index < -0.39 is 23.1 Å². The van der Waals surface area contributed by atoms with Crippen molar-refractivity contribution in [1.82, 2.24) is 4.90 Å². The maximum Gasteiger partial charge on any atom is 0.410 e. The minimum atomic E-state index is -1.89. The van der Waals surface area contributed by atoms with Gasteiger partial charge in [0, 0.05) is 13.1 Å². The molecule has 1 aliphatic rings. The molecule has 0 saturated carbocycles. The number of nitrogens with two attached hydrogens (primary N) is 1. The second-order valence-corrected chi connectivity index (χ2v) is 8.64. The van der Waals surface area contributed by atoms with Crippen molar-refractivity contribution in [2.45, 2.75) is 57.8 Å². The molecular weight excluding hydrogens is 388 g/mol. The molecule has 1 amide bonds. The van der Waals surface area contributed by atoms with E-state index in [1.165, 1.54) is 7.11 Å². The summed E-state index contributed by atoms with van der Waals surface area (Å²) in [5.74, 6) is -1.67. The fourth-order valence-electron chi connectivity index (χ4n) is 3.39. The summed E-state index contributed by atoms with van der Waals surface area (Å²) in [6.45, 7) is 6.41. The number of piperidine rings is 1. The molecule has 1 aliphatic heterocycles. The van der Waals surface area contributed by atoms with Crippen LogP contribution in [0, 0.1) is 5.92 Å². The summed E-state index contributed by atoms with van der Waals surface area (Å²) in [6, 6.07) is 9.15. The van der Waals surface area contributed by atoms with E-state index in [0.717, 1.165) is 5.56 Å². The van der Waals surface area contributed by atoms with Crippen LogP contribution in [0.15, 0.2) is 30.3 Å². The number of nitrogens with zero attached hydrogens (tertiary/aromatic N) is 1. The number of hydrogen-bond donors (Lipinski definition) is 1. The van der Waals surface area contributed by atoms with Crippen molar-refractivity contribution >= 4 is 18.0 Å². The molecule has 1 fully saturated rings. The fraction of sp³-hybridized carbons (Fsp3) is 0.591. The van der Waals surface area contributed by atoms with Gasteiger partial charge in [0.05, 0.1) is 7.11 Å². The number of methoxy groups -OCH3 is 1. The number of amides is 1. The molecule has 2 N–H and O–H groups in total. The highest BCUT2D eigenvalue weighted by atomic mass is 16.6. The third kappa shape index (κ3) is 6.45. The van der Waals surface area contributed by atoms with Crippen LogP contribution in [0.3, 0.4) is 0 Å². The molecule has 8 heteroatoms. The molecule has 0 aromatic heterocycles. The van der Waals surface area contributed by atoms with Gasteiger partial charge in [0.1, 0.15) is 12.2 Å². The molecular formula is C22H32N2O6. The maximum absolute atomic E-state index is 12.7. The number of hydrogen-bond acceptors (Lipinski definition) is 7. The van der Waals surface area contributed by atoms with Crippen molar-refractivity contribution in [2.75, 3.05) is 20.2 Å². The van der Waals surface area contributed by atoms with E-state index >= 15 is 0 Å². The van der Waals surface area contributed by atoms with Crippen LogP contribution < -0.4 is 5.73 Å². The average Bonchev–Trinajstić information content (AvgIpc) is 2.71. The Morgan fingerprint density at radius 2 is 1.67 bits per heavy atom. The van der Waals surface area contributed by atoms with E-state index in [9.17, 15) is 14.4 Å². The highest BCUT2D eigenvalue weighted by Crippen LogP contribution is 2.28. The molecule has 1 heterocycles. The van der Waals surface area contributed by atoms with Gasteiger partial charge < -0.3 is 24.8 Å². The number of esters is 2. The van der Waals surface area contributed by atoms with Crippen LogP contribution >= 0.6 is 0 Å². The molecule has 0 bridgehead atoms. The van der Waals surface area contributed by atoms with Crippen molar-refractivity contribution < 1.29 is 28.6 Å². The summed E-state index contributed by atoms with van der Waals surface area (Å²) < 4.78 is 15.5. The Kier molecular flexibility index (Phi) is 7.83. The zero-order valence-corrected chi connectivity index (χ0v) is 18.2. The monoisotopic (exact) mass is 420 g/mol. The normalized spacial score (nSPS) is 17.0. The van der Waals surface area contributed by atoms with Crippen molar-refractivity contribution in [3.8, 4) is 0 Å². The number of benzene rings is 1. The van der Waals surface area contributed by atoms with E-state index in [4.69, 9.17) is 19.9 Å². The molecule has 1 aromatic rings. The quantitative estimate of drug-likeness (QED) is 0.428. The fourth-order valence-corrected chi connectivity index (χ4v) is 3.39. The Morgan fingerprint density at radius 1 is 1.07 bits per heavy atom. The smallest absolute Gasteiger partial charge is 0.410 e. The Bertz CT molecular complexity index is 738. The number of carbonyl (C=O) groups is 3. The third-order valence-corrected chi connectivity index (χ3v) is 5.00. The number of rotatable bonds is 6. The van der Waals surface area contributed by atoms with Gasteiger partial charge in [0.25, 0.3) is 0 Å². The van der Waals surface area contributed by atoms with Crippen LogP contribution in [0.5, 0.6) is 0 Å². The molecule has 1 aromatic carbocycles. The Hall–Kier alpha value is -2.61. The van der Waals surface area contributed by atoms with E-state index in [0.29, 0.717) is 25.9 Å². The van der Waals surface area contributed by atoms with Gasteiger partial charge in [-0.15, -0.1) is 0 Å². The predicted molar refractivity (Wildman–Crippen MR) is 110 cm³/mol. The van der Waals surface area contributed by atoms with Crippen LogP contribution in [0.1, 0.15) is 45.6 Å². The van der Waals surface area contributed by atoms with Gasteiger partial charge in [-0.2, -0.15) is 0 Å². The molecule has 166 valence electrons. The maximum atomic E-state index is 12.7. The Balaban J connectivity index is 1.96. The lowest BCUT2D eigenvalue weighted by molar-refractivity contribution is -0.165. The predicted octanol–water partition coefficient (Wildman–Crippen LogP) is 2.64. The zero-order valence-electron chi connectivity index (χ0n) is 18.2. The van der Waals surface area contributed by atoms with Gasteiger partial charge in [-0.25, -0.2) is 14.4 Å². The van der Waals surface area contributed by atoms with Gasteiger partial charge >= 0.3 is 18.0 Å². The van der Waals surface area contributed by atoms with Gasteiger partial charge in [-0.3, -0.25) is 0 Å². The van der Waals surface area contributed by atoms with Crippen molar-refractivity contribution in [2.24, 2.45) is 11.7 Å². The molecule has 1 saturated heterocycles. The van der Waals surface area contributed by atoms with Crippen molar-refractivity contribution in [3.63, 3.8) is 0 Å². The summed E-state index contributed by atoms with van der Waals surface area (Å²) >= 11 is 0. The minimum absolute atomic E-state index is 0.0205. The molecule has 0 aliphatic carbocycles. The number of ether oxygens (including phenoxy) is 3. The molecule has 2 rings (SSSR count). The van der Waals surface area contributed by atoms with Crippen LogP contribution in [0.2, 0.25) is 0 Å². The summed E-state index contributed by atoms with van der Waals surface area (Å²) in [5.41, 5.74) is 4.56. The van der Waals surface area contributed by atoms with E-state index in [1.807, 2.05) is 51.1 Å². The SMILES string of the molecule is COC(=O)[C@](N)(CC1CCN(C(=O)OC(C)(C)C)CC1)C(=O)OCc1ccccc1. The topological polar surface area (TPSA) is 108 Å². The first-order chi connectivity index (χ1) is 14.0. The van der Waals surface area contributed by atoms with Crippen LogP contribution in [0.4, 0.5) is 4.79 Å². The highest BCUT2D eigenvalue weighted by molar-refractivity contribution is 6.04. The summed E-state index contributed by atoms with van der Waals surface area (Å²) in [6.07, 6.45) is 0.924. The lowest BCUT2D eigenvalue weighted by Gasteiger charge is -2.36. The molecule has 30 heavy (non-hydrogen) atoms. The first kappa shape index (κ1) is 23.7. The zero-order chi connectivity index (χ0) is 22.4. The van der Waals surface area contributed by atoms with Gasteiger partial charge in [0.2, 0.25) is 5.54 Å². The van der Waals surface area contributed by atoms with Gasteiger partial charge in [-0.05, 0) is 51.5 Å². The second-order valence-electron chi connectivity index (χ2n) is 8.64. The Morgan fingerprint density at radius 3 is 2.20 bits per heavy atom. The lowest BCUT2D eigenvalue weighted by atomic mass is 9.83. The van der Waals surface area contributed by atoms with E-state index in [-0.39, 0.29) is 25.0 Å². The molecule has 1 atom stereocenters. The van der Waals surface area contributed by atoms with Gasteiger partial charge in [0.15, 0.2) is 0 Å². The largest absolute Gasteiger partial charge is 0.467 e. The van der Waals surface area contributed by atoms with E-state index in [2.05, 4.69) is 0 Å². The molecule has 0 radical (unpaired) electrons. The summed E-state index contributed by atoms with van der Waals surface area (Å²) in [5, 5.41) is 0. The van der Waals surface area contributed by atoms with Crippen LogP contribution in [-0.4, -0.2) is 54.3 Å². The molecule has 0 unspecified atom stereocenters. The Labute approximate surface area is 177 Å². The lowest BCUT2D eigenvalue weighted by Crippen LogP contribution is -2.58. The van der Waals surface area contributed by atoms with Crippen LogP contribution in [0.25, 0.3) is 0 Å². The number of likely N-dealkylation sites (tertiary alicyclic amines) is 1. The molecule has 0 spiro atoms. The van der Waals surface area contributed by atoms with E-state index in [1.54, 1.807) is 4.90 Å². The third-order valence-electron chi connectivity index (χ3n) is 5.00. The van der Waals surface area contributed by atoms with Crippen molar-refractivity contribution in [1.29, 1.82) is 0 Å². The molecule has 8 nitrogen and oxygen atoms in total. The summed E-state index contributed by atoms with van der Waals surface area (Å²) in [7, 11) is 1.19. The van der Waals surface area contributed by atoms with Crippen LogP contribution in [-0.2, 0) is 30.4 Å². The number of carbonyl (C=O) groups excluding carboxylic acids is 3. The average molecular weight is 421 g/mol. The van der Waals surface area contributed by atoms with Crippen molar-refractivity contribution in [3.05, 3.63) is 35.9 Å². The first-order valence-electron chi connectivity index (χ1n) is 10.1. The second kappa shape index (κ2) is 9.93. The standard InChI is InChI=1S/C22H32N2O6/c1-21(2,3)30-20(27)24-12-10-16(11-13-24)14-22(23,18(25)28-4)19(26)29-15-17-8-6-5-7-9-17/h5-9,16H,10-15,23H2,1-4H3/t22-/m1/s1. The first-order valence-corrected chi connectivity index (χ1v) is 10.1. The highest BCUT2D eigenvalue weighted by Gasteiger charge is 2.47.